The Morgan fingerprint density at radius 1 is 1.00 bits per heavy atom. The van der Waals surface area contributed by atoms with E-state index in [1.54, 1.807) is 19.1 Å². The van der Waals surface area contributed by atoms with Crippen molar-refractivity contribution in [2.45, 2.75) is 32.6 Å². The van der Waals surface area contributed by atoms with Crippen LogP contribution in [0.2, 0.25) is 0 Å². The maximum Gasteiger partial charge on any atom is 0.307 e. The molecule has 0 bridgehead atoms. The normalized spacial score (nSPS) is 10.2. The first-order chi connectivity index (χ1) is 11.5. The van der Waals surface area contributed by atoms with E-state index < -0.39 is 0 Å². The molecule has 0 aromatic heterocycles. The zero-order valence-electron chi connectivity index (χ0n) is 15.0. The molecule has 0 atom stereocenters. The molecule has 0 aliphatic rings. The molecule has 1 rings (SSSR count). The Labute approximate surface area is 143 Å². The first-order valence-electron chi connectivity index (χ1n) is 8.11. The summed E-state index contributed by atoms with van der Waals surface area (Å²) >= 11 is 0. The van der Waals surface area contributed by atoms with Gasteiger partial charge in [0.2, 0.25) is 5.91 Å². The van der Waals surface area contributed by atoms with Crippen LogP contribution in [-0.2, 0) is 20.7 Å². The maximum atomic E-state index is 12.4. The van der Waals surface area contributed by atoms with Crippen LogP contribution in [0.25, 0.3) is 0 Å². The summed E-state index contributed by atoms with van der Waals surface area (Å²) in [4.78, 5) is 25.4. The SMILES string of the molecule is CCCN(CCC(=O)OC)C(=O)CCc1ccc(OC)c(OC)c1. The van der Waals surface area contributed by atoms with Gasteiger partial charge in [0.25, 0.3) is 0 Å². The Kier molecular flexibility index (Phi) is 8.68. The lowest BCUT2D eigenvalue weighted by atomic mass is 10.1. The Hall–Kier alpha value is -2.24. The summed E-state index contributed by atoms with van der Waals surface area (Å²) in [5.74, 6) is 1.05. The van der Waals surface area contributed by atoms with Gasteiger partial charge in [0, 0.05) is 19.5 Å². The predicted octanol–water partition coefficient (Wildman–Crippen LogP) is 2.44. The van der Waals surface area contributed by atoms with Crippen molar-refractivity contribution in [3.63, 3.8) is 0 Å². The van der Waals surface area contributed by atoms with Gasteiger partial charge < -0.3 is 19.1 Å². The summed E-state index contributed by atoms with van der Waals surface area (Å²) in [6.45, 7) is 3.04. The highest BCUT2D eigenvalue weighted by atomic mass is 16.5. The maximum absolute atomic E-state index is 12.4. The van der Waals surface area contributed by atoms with E-state index in [9.17, 15) is 9.59 Å². The lowest BCUT2D eigenvalue weighted by molar-refractivity contribution is -0.141. The van der Waals surface area contributed by atoms with E-state index in [0.29, 0.717) is 37.4 Å². The summed E-state index contributed by atoms with van der Waals surface area (Å²) in [6, 6.07) is 5.64. The van der Waals surface area contributed by atoms with Crippen LogP contribution in [0, 0.1) is 0 Å². The average molecular weight is 337 g/mol. The van der Waals surface area contributed by atoms with Crippen LogP contribution < -0.4 is 9.47 Å². The number of hydrogen-bond donors (Lipinski definition) is 0. The minimum absolute atomic E-state index is 0.0375. The number of hydrogen-bond acceptors (Lipinski definition) is 5. The second kappa shape index (κ2) is 10.5. The number of benzene rings is 1. The molecule has 1 amide bonds. The van der Waals surface area contributed by atoms with Gasteiger partial charge in [0.05, 0.1) is 27.8 Å². The van der Waals surface area contributed by atoms with Crippen LogP contribution in [0.5, 0.6) is 11.5 Å². The number of carbonyl (C=O) groups is 2. The van der Waals surface area contributed by atoms with Gasteiger partial charge in [0.1, 0.15) is 0 Å². The quantitative estimate of drug-likeness (QED) is 0.614. The molecule has 0 aliphatic heterocycles. The molecular formula is C18H27NO5. The highest BCUT2D eigenvalue weighted by Crippen LogP contribution is 2.28. The number of rotatable bonds is 10. The Balaban J connectivity index is 2.62. The fraction of sp³-hybridized carbons (Fsp3) is 0.556. The summed E-state index contributed by atoms with van der Waals surface area (Å²) in [5, 5.41) is 0. The van der Waals surface area contributed by atoms with Crippen LogP contribution >= 0.6 is 0 Å². The molecular weight excluding hydrogens is 310 g/mol. The van der Waals surface area contributed by atoms with Gasteiger partial charge >= 0.3 is 5.97 Å². The van der Waals surface area contributed by atoms with Gasteiger partial charge in [-0.1, -0.05) is 13.0 Å². The number of aryl methyl sites for hydroxylation is 1. The van der Waals surface area contributed by atoms with Crippen LogP contribution in [-0.4, -0.2) is 51.2 Å². The molecule has 0 radical (unpaired) electrons. The van der Waals surface area contributed by atoms with E-state index in [-0.39, 0.29) is 18.3 Å². The van der Waals surface area contributed by atoms with Gasteiger partial charge in [-0.05, 0) is 30.5 Å². The second-order valence-electron chi connectivity index (χ2n) is 5.40. The van der Waals surface area contributed by atoms with E-state index in [1.807, 2.05) is 25.1 Å². The van der Waals surface area contributed by atoms with Crippen LogP contribution in [0.4, 0.5) is 0 Å². The monoisotopic (exact) mass is 337 g/mol. The van der Waals surface area contributed by atoms with Gasteiger partial charge in [-0.25, -0.2) is 0 Å². The topological polar surface area (TPSA) is 65.1 Å². The van der Waals surface area contributed by atoms with E-state index in [0.717, 1.165) is 12.0 Å². The van der Waals surface area contributed by atoms with Crippen molar-refractivity contribution in [2.75, 3.05) is 34.4 Å². The summed E-state index contributed by atoms with van der Waals surface area (Å²) in [6.07, 6.45) is 2.07. The number of methoxy groups -OCH3 is 3. The molecule has 24 heavy (non-hydrogen) atoms. The van der Waals surface area contributed by atoms with Crippen LogP contribution in [0.3, 0.4) is 0 Å². The molecule has 0 heterocycles. The van der Waals surface area contributed by atoms with Crippen molar-refractivity contribution >= 4 is 11.9 Å². The summed E-state index contributed by atoms with van der Waals surface area (Å²) in [7, 11) is 4.53. The van der Waals surface area contributed by atoms with Gasteiger partial charge in [0.15, 0.2) is 11.5 Å². The predicted molar refractivity (Wildman–Crippen MR) is 91.4 cm³/mol. The first kappa shape index (κ1) is 19.8. The number of amides is 1. The zero-order valence-corrected chi connectivity index (χ0v) is 15.0. The van der Waals surface area contributed by atoms with Crippen LogP contribution in [0.15, 0.2) is 18.2 Å². The standard InChI is InChI=1S/C18H27NO5/c1-5-11-19(12-10-18(21)24-4)17(20)9-7-14-6-8-15(22-2)16(13-14)23-3/h6,8,13H,5,7,9-12H2,1-4H3. The zero-order chi connectivity index (χ0) is 17.9. The highest BCUT2D eigenvalue weighted by molar-refractivity contribution is 5.77. The molecule has 0 spiro atoms. The molecule has 6 heteroatoms. The van der Waals surface area contributed by atoms with E-state index in [4.69, 9.17) is 9.47 Å². The number of esters is 1. The molecule has 134 valence electrons. The van der Waals surface area contributed by atoms with Crippen molar-refractivity contribution in [1.29, 1.82) is 0 Å². The van der Waals surface area contributed by atoms with E-state index in [2.05, 4.69) is 4.74 Å². The third-order valence-corrected chi connectivity index (χ3v) is 3.74. The van der Waals surface area contributed by atoms with Crippen molar-refractivity contribution in [3.8, 4) is 11.5 Å². The average Bonchev–Trinajstić information content (AvgIpc) is 2.62. The third-order valence-electron chi connectivity index (χ3n) is 3.74. The minimum atomic E-state index is -0.302. The number of nitrogens with zero attached hydrogens (tertiary/aromatic N) is 1. The molecule has 0 aliphatic carbocycles. The number of ether oxygens (including phenoxy) is 3. The molecule has 6 nitrogen and oxygen atoms in total. The van der Waals surface area contributed by atoms with Crippen molar-refractivity contribution in [1.82, 2.24) is 4.90 Å². The molecule has 1 aromatic rings. The van der Waals surface area contributed by atoms with Crippen LogP contribution in [0.1, 0.15) is 31.7 Å². The fourth-order valence-corrected chi connectivity index (χ4v) is 2.40. The Morgan fingerprint density at radius 3 is 2.29 bits per heavy atom. The van der Waals surface area contributed by atoms with E-state index in [1.165, 1.54) is 7.11 Å². The molecule has 0 fully saturated rings. The second-order valence-corrected chi connectivity index (χ2v) is 5.40. The largest absolute Gasteiger partial charge is 0.493 e. The molecule has 0 saturated carbocycles. The lowest BCUT2D eigenvalue weighted by Gasteiger charge is -2.21. The summed E-state index contributed by atoms with van der Waals surface area (Å²) < 4.78 is 15.1. The first-order valence-corrected chi connectivity index (χ1v) is 8.11. The van der Waals surface area contributed by atoms with E-state index >= 15 is 0 Å². The fourth-order valence-electron chi connectivity index (χ4n) is 2.40. The lowest BCUT2D eigenvalue weighted by Crippen LogP contribution is -2.34. The van der Waals surface area contributed by atoms with Gasteiger partial charge in [-0.2, -0.15) is 0 Å². The van der Waals surface area contributed by atoms with Crippen molar-refractivity contribution in [2.24, 2.45) is 0 Å². The third kappa shape index (κ3) is 6.10. The molecule has 0 N–H and O–H groups in total. The molecule has 0 unspecified atom stereocenters. The van der Waals surface area contributed by atoms with Gasteiger partial charge in [-0.15, -0.1) is 0 Å². The minimum Gasteiger partial charge on any atom is -0.493 e. The van der Waals surface area contributed by atoms with Gasteiger partial charge in [-0.3, -0.25) is 9.59 Å². The Morgan fingerprint density at radius 2 is 1.71 bits per heavy atom. The smallest absolute Gasteiger partial charge is 0.307 e. The summed E-state index contributed by atoms with van der Waals surface area (Å²) in [5.41, 5.74) is 1.01. The number of carbonyl (C=O) groups excluding carboxylic acids is 2. The van der Waals surface area contributed by atoms with Crippen molar-refractivity contribution < 1.29 is 23.8 Å². The highest BCUT2D eigenvalue weighted by Gasteiger charge is 2.15. The van der Waals surface area contributed by atoms with Crippen molar-refractivity contribution in [3.05, 3.63) is 23.8 Å². The Bertz CT molecular complexity index is 544. The molecule has 0 saturated heterocycles. The molecule has 1 aromatic carbocycles.